The zero-order chi connectivity index (χ0) is 13.9. The number of aromatic nitrogens is 4. The van der Waals surface area contributed by atoms with Crippen LogP contribution in [0.2, 0.25) is 0 Å². The third-order valence-electron chi connectivity index (χ3n) is 2.63. The van der Waals surface area contributed by atoms with E-state index >= 15 is 0 Å². The third kappa shape index (κ3) is 2.38. The van der Waals surface area contributed by atoms with Crippen molar-refractivity contribution in [2.75, 3.05) is 11.5 Å². The van der Waals surface area contributed by atoms with Crippen LogP contribution < -0.4 is 11.5 Å². The Morgan fingerprint density at radius 1 is 0.650 bits per heavy atom. The molecule has 0 radical (unpaired) electrons. The fraction of sp³-hybridized carbons (Fsp3) is 0. The zero-order valence-corrected chi connectivity index (χ0v) is 11.9. The molecule has 0 saturated heterocycles. The average molecular weight is 302 g/mol. The van der Waals surface area contributed by atoms with Crippen molar-refractivity contribution in [2.24, 2.45) is 0 Å². The third-order valence-corrected chi connectivity index (χ3v) is 3.72. The first-order valence-electron chi connectivity index (χ1n) is 5.69. The van der Waals surface area contributed by atoms with Gasteiger partial charge in [0.05, 0.1) is 34.8 Å². The van der Waals surface area contributed by atoms with Crippen LogP contribution in [0.4, 0.5) is 11.4 Å². The maximum atomic E-state index is 5.60. The molecule has 4 N–H and O–H groups in total. The standard InChI is InChI=1S/2C6H5N3S/c2*7-4-2-1-3-5-6(4)9-10-8-5/h2*1-3H,7H2. The molecule has 0 unspecified atom stereocenters. The van der Waals surface area contributed by atoms with Gasteiger partial charge in [0, 0.05) is 0 Å². The number of nitrogens with two attached hydrogens (primary N) is 2. The topological polar surface area (TPSA) is 104 Å². The van der Waals surface area contributed by atoms with Crippen molar-refractivity contribution < 1.29 is 0 Å². The van der Waals surface area contributed by atoms with Crippen LogP contribution in [0.15, 0.2) is 36.4 Å². The van der Waals surface area contributed by atoms with E-state index in [1.807, 2.05) is 36.4 Å². The van der Waals surface area contributed by atoms with E-state index < -0.39 is 0 Å². The van der Waals surface area contributed by atoms with Gasteiger partial charge in [0.2, 0.25) is 0 Å². The molecule has 2 aromatic carbocycles. The first-order chi connectivity index (χ1) is 9.75. The molecule has 0 aliphatic rings. The maximum Gasteiger partial charge on any atom is 0.127 e. The average Bonchev–Trinajstić information content (AvgIpc) is 3.08. The first-order valence-corrected chi connectivity index (χ1v) is 7.15. The highest BCUT2D eigenvalue weighted by atomic mass is 32.1. The SMILES string of the molecule is Nc1cccc2nsnc12.Nc1cccc2nsnc12. The number of hydrogen-bond acceptors (Lipinski definition) is 8. The molecule has 4 rings (SSSR count). The number of rotatable bonds is 0. The molecule has 2 aromatic heterocycles. The number of anilines is 2. The summed E-state index contributed by atoms with van der Waals surface area (Å²) in [5, 5.41) is 0. The molecule has 0 saturated carbocycles. The summed E-state index contributed by atoms with van der Waals surface area (Å²) in [6.45, 7) is 0. The number of nitrogen functional groups attached to an aromatic ring is 2. The molecule has 0 amide bonds. The molecule has 0 bridgehead atoms. The molecule has 0 aliphatic heterocycles. The van der Waals surface area contributed by atoms with E-state index in [-0.39, 0.29) is 0 Å². The summed E-state index contributed by atoms with van der Waals surface area (Å²) in [5.41, 5.74) is 16.0. The predicted octanol–water partition coefficient (Wildman–Crippen LogP) is 2.55. The van der Waals surface area contributed by atoms with Gasteiger partial charge in [-0.05, 0) is 24.3 Å². The highest BCUT2D eigenvalue weighted by Gasteiger charge is 1.99. The fourth-order valence-electron chi connectivity index (χ4n) is 1.65. The molecular weight excluding hydrogens is 292 g/mol. The van der Waals surface area contributed by atoms with Crippen molar-refractivity contribution in [2.45, 2.75) is 0 Å². The molecule has 8 heteroatoms. The van der Waals surface area contributed by atoms with Crippen molar-refractivity contribution in [1.29, 1.82) is 0 Å². The second-order valence-electron chi connectivity index (χ2n) is 3.96. The Hall–Kier alpha value is -2.32. The molecule has 0 fully saturated rings. The largest absolute Gasteiger partial charge is 0.397 e. The lowest BCUT2D eigenvalue weighted by Crippen LogP contribution is -1.84. The van der Waals surface area contributed by atoms with Gasteiger partial charge in [-0.1, -0.05) is 12.1 Å². The summed E-state index contributed by atoms with van der Waals surface area (Å²) in [6.07, 6.45) is 0. The van der Waals surface area contributed by atoms with Crippen LogP contribution in [0.25, 0.3) is 22.1 Å². The molecule has 20 heavy (non-hydrogen) atoms. The van der Waals surface area contributed by atoms with Crippen LogP contribution in [0.5, 0.6) is 0 Å². The maximum absolute atomic E-state index is 5.60. The summed E-state index contributed by atoms with van der Waals surface area (Å²) < 4.78 is 16.1. The Bertz CT molecular complexity index is 781. The van der Waals surface area contributed by atoms with Crippen molar-refractivity contribution in [1.82, 2.24) is 17.5 Å². The minimum Gasteiger partial charge on any atom is -0.397 e. The van der Waals surface area contributed by atoms with Gasteiger partial charge in [-0.15, -0.1) is 0 Å². The van der Waals surface area contributed by atoms with Gasteiger partial charge in [0.25, 0.3) is 0 Å². The van der Waals surface area contributed by atoms with E-state index in [0.29, 0.717) is 11.4 Å². The van der Waals surface area contributed by atoms with Crippen LogP contribution in [0, 0.1) is 0 Å². The van der Waals surface area contributed by atoms with Crippen LogP contribution >= 0.6 is 23.5 Å². The lowest BCUT2D eigenvalue weighted by molar-refractivity contribution is 1.63. The van der Waals surface area contributed by atoms with Crippen molar-refractivity contribution in [3.8, 4) is 0 Å². The monoisotopic (exact) mass is 302 g/mol. The minimum absolute atomic E-state index is 0.700. The fourth-order valence-corrected chi connectivity index (χ4v) is 2.77. The Labute approximate surface area is 122 Å². The molecule has 4 aromatic rings. The molecule has 0 spiro atoms. The van der Waals surface area contributed by atoms with Gasteiger partial charge in [-0.3, -0.25) is 0 Å². The number of nitrogens with zero attached hydrogens (tertiary/aromatic N) is 4. The van der Waals surface area contributed by atoms with Crippen LogP contribution in [0.1, 0.15) is 0 Å². The minimum atomic E-state index is 0.700. The number of fused-ring (bicyclic) bond motifs is 2. The van der Waals surface area contributed by atoms with Crippen molar-refractivity contribution >= 4 is 56.9 Å². The Morgan fingerprint density at radius 3 is 1.50 bits per heavy atom. The van der Waals surface area contributed by atoms with Crippen molar-refractivity contribution in [3.05, 3.63) is 36.4 Å². The van der Waals surface area contributed by atoms with E-state index in [2.05, 4.69) is 17.5 Å². The molecule has 2 heterocycles. The van der Waals surface area contributed by atoms with E-state index in [1.165, 1.54) is 23.5 Å². The normalized spacial score (nSPS) is 10.4. The molecule has 6 nitrogen and oxygen atoms in total. The summed E-state index contributed by atoms with van der Waals surface area (Å²) in [6, 6.07) is 11.2. The molecule has 100 valence electrons. The number of benzene rings is 2. The Balaban J connectivity index is 0.000000121. The number of hydrogen-bond donors (Lipinski definition) is 2. The van der Waals surface area contributed by atoms with E-state index in [9.17, 15) is 0 Å². The van der Waals surface area contributed by atoms with E-state index in [0.717, 1.165) is 22.1 Å². The lowest BCUT2D eigenvalue weighted by atomic mass is 10.3. The first kappa shape index (κ1) is 12.7. The van der Waals surface area contributed by atoms with E-state index in [1.54, 1.807) is 0 Å². The predicted molar refractivity (Wildman–Crippen MR) is 83.7 cm³/mol. The van der Waals surface area contributed by atoms with Gasteiger partial charge in [-0.25, -0.2) is 0 Å². The van der Waals surface area contributed by atoms with Gasteiger partial charge in [0.1, 0.15) is 22.1 Å². The second kappa shape index (κ2) is 5.35. The second-order valence-corrected chi connectivity index (χ2v) is 5.02. The van der Waals surface area contributed by atoms with E-state index in [4.69, 9.17) is 11.5 Å². The smallest absolute Gasteiger partial charge is 0.127 e. The molecule has 0 aliphatic carbocycles. The lowest BCUT2D eigenvalue weighted by Gasteiger charge is -1.89. The zero-order valence-electron chi connectivity index (χ0n) is 10.2. The highest BCUT2D eigenvalue weighted by Crippen LogP contribution is 2.17. The van der Waals surface area contributed by atoms with Gasteiger partial charge >= 0.3 is 0 Å². The summed E-state index contributed by atoms with van der Waals surface area (Å²) in [7, 11) is 0. The quantitative estimate of drug-likeness (QED) is 0.484. The van der Waals surface area contributed by atoms with Gasteiger partial charge in [0.15, 0.2) is 0 Å². The summed E-state index contributed by atoms with van der Waals surface area (Å²) >= 11 is 2.37. The van der Waals surface area contributed by atoms with Gasteiger partial charge < -0.3 is 11.5 Å². The van der Waals surface area contributed by atoms with Crippen LogP contribution in [-0.2, 0) is 0 Å². The van der Waals surface area contributed by atoms with Crippen LogP contribution in [-0.4, -0.2) is 17.5 Å². The Morgan fingerprint density at radius 2 is 1.10 bits per heavy atom. The highest BCUT2D eigenvalue weighted by molar-refractivity contribution is 7.00. The summed E-state index contributed by atoms with van der Waals surface area (Å²) in [5.74, 6) is 0. The molecule has 0 atom stereocenters. The van der Waals surface area contributed by atoms with Crippen molar-refractivity contribution in [3.63, 3.8) is 0 Å². The molecular formula is C12H10N6S2. The van der Waals surface area contributed by atoms with Gasteiger partial charge in [-0.2, -0.15) is 17.5 Å². The summed E-state index contributed by atoms with van der Waals surface area (Å²) in [4.78, 5) is 0. The van der Waals surface area contributed by atoms with Crippen LogP contribution in [0.3, 0.4) is 0 Å². The Kier molecular flexibility index (Phi) is 3.40.